The van der Waals surface area contributed by atoms with Gasteiger partial charge in [0.2, 0.25) is 11.8 Å². The SMILES string of the molecule is CNC(=O)CCN(C)CC(=O)Nc1ccc(C)cc1N. The molecule has 0 aliphatic heterocycles. The molecule has 110 valence electrons. The highest BCUT2D eigenvalue weighted by Crippen LogP contribution is 2.19. The maximum atomic E-state index is 11.9. The molecule has 4 N–H and O–H groups in total. The average Bonchev–Trinajstić information content (AvgIpc) is 2.39. The van der Waals surface area contributed by atoms with Crippen LogP contribution in [0.4, 0.5) is 11.4 Å². The Balaban J connectivity index is 2.45. The number of rotatable bonds is 6. The summed E-state index contributed by atoms with van der Waals surface area (Å²) in [5.74, 6) is -0.194. The number of amides is 2. The highest BCUT2D eigenvalue weighted by atomic mass is 16.2. The van der Waals surface area contributed by atoms with E-state index in [4.69, 9.17) is 5.73 Å². The first kappa shape index (κ1) is 16.0. The number of anilines is 2. The van der Waals surface area contributed by atoms with Crippen molar-refractivity contribution in [1.82, 2.24) is 10.2 Å². The molecule has 0 saturated heterocycles. The Hall–Kier alpha value is -2.08. The lowest BCUT2D eigenvalue weighted by atomic mass is 10.2. The Morgan fingerprint density at radius 3 is 2.60 bits per heavy atom. The molecular weight excluding hydrogens is 256 g/mol. The number of nitrogens with two attached hydrogens (primary N) is 1. The molecule has 0 aliphatic rings. The predicted molar refractivity (Wildman–Crippen MR) is 80.4 cm³/mol. The van der Waals surface area contributed by atoms with Crippen LogP contribution in [-0.4, -0.2) is 43.9 Å². The Morgan fingerprint density at radius 2 is 2.00 bits per heavy atom. The first-order valence-corrected chi connectivity index (χ1v) is 6.47. The van der Waals surface area contributed by atoms with Gasteiger partial charge in [-0.05, 0) is 31.7 Å². The van der Waals surface area contributed by atoms with Crippen LogP contribution in [-0.2, 0) is 9.59 Å². The Bertz CT molecular complexity index is 488. The third kappa shape index (κ3) is 5.27. The second-order valence-corrected chi connectivity index (χ2v) is 4.80. The molecule has 0 atom stereocenters. The highest BCUT2D eigenvalue weighted by Gasteiger charge is 2.09. The molecule has 20 heavy (non-hydrogen) atoms. The van der Waals surface area contributed by atoms with Crippen LogP contribution < -0.4 is 16.4 Å². The first-order chi connectivity index (χ1) is 9.42. The van der Waals surface area contributed by atoms with Crippen molar-refractivity contribution in [2.45, 2.75) is 13.3 Å². The van der Waals surface area contributed by atoms with Crippen molar-refractivity contribution in [2.24, 2.45) is 0 Å². The summed E-state index contributed by atoms with van der Waals surface area (Å²) in [5.41, 5.74) is 8.04. The minimum atomic E-state index is -0.153. The number of likely N-dealkylation sites (N-methyl/N-ethyl adjacent to an activating group) is 1. The number of hydrogen-bond donors (Lipinski definition) is 3. The Kier molecular flexibility index (Phi) is 5.99. The number of aryl methyl sites for hydroxylation is 1. The van der Waals surface area contributed by atoms with E-state index in [1.54, 1.807) is 25.1 Å². The van der Waals surface area contributed by atoms with Gasteiger partial charge in [-0.3, -0.25) is 14.5 Å². The van der Waals surface area contributed by atoms with E-state index < -0.39 is 0 Å². The van der Waals surface area contributed by atoms with E-state index >= 15 is 0 Å². The molecule has 0 unspecified atom stereocenters. The lowest BCUT2D eigenvalue weighted by molar-refractivity contribution is -0.122. The standard InChI is InChI=1S/C14H22N4O2/c1-10-4-5-12(11(15)8-10)17-14(20)9-18(3)7-6-13(19)16-2/h4-5,8H,6-7,9,15H2,1-3H3,(H,16,19)(H,17,20). The van der Waals surface area contributed by atoms with Crippen LogP contribution in [0.5, 0.6) is 0 Å². The molecule has 6 heteroatoms. The number of nitrogens with zero attached hydrogens (tertiary/aromatic N) is 1. The van der Waals surface area contributed by atoms with E-state index in [2.05, 4.69) is 10.6 Å². The third-order valence-electron chi connectivity index (χ3n) is 2.89. The van der Waals surface area contributed by atoms with Crippen molar-refractivity contribution in [3.8, 4) is 0 Å². The molecule has 2 amide bonds. The zero-order valence-electron chi connectivity index (χ0n) is 12.2. The summed E-state index contributed by atoms with van der Waals surface area (Å²) < 4.78 is 0. The fourth-order valence-electron chi connectivity index (χ4n) is 1.73. The van der Waals surface area contributed by atoms with Gasteiger partial charge in [0.05, 0.1) is 17.9 Å². The predicted octanol–water partition coefficient (Wildman–Crippen LogP) is 0.584. The summed E-state index contributed by atoms with van der Waals surface area (Å²) >= 11 is 0. The molecule has 0 radical (unpaired) electrons. The van der Waals surface area contributed by atoms with Gasteiger partial charge >= 0.3 is 0 Å². The number of hydrogen-bond acceptors (Lipinski definition) is 4. The molecule has 0 fully saturated rings. The van der Waals surface area contributed by atoms with Crippen molar-refractivity contribution in [2.75, 3.05) is 38.2 Å². The zero-order chi connectivity index (χ0) is 15.1. The van der Waals surface area contributed by atoms with Crippen LogP contribution in [0.1, 0.15) is 12.0 Å². The molecule has 1 aromatic rings. The summed E-state index contributed by atoms with van der Waals surface area (Å²) in [4.78, 5) is 24.8. The molecular formula is C14H22N4O2. The first-order valence-electron chi connectivity index (χ1n) is 6.47. The second kappa shape index (κ2) is 7.49. The molecule has 1 rings (SSSR count). The van der Waals surface area contributed by atoms with Gasteiger partial charge in [-0.25, -0.2) is 0 Å². The van der Waals surface area contributed by atoms with E-state index in [-0.39, 0.29) is 18.4 Å². The van der Waals surface area contributed by atoms with Crippen LogP contribution in [0.25, 0.3) is 0 Å². The van der Waals surface area contributed by atoms with E-state index in [0.29, 0.717) is 24.3 Å². The monoisotopic (exact) mass is 278 g/mol. The van der Waals surface area contributed by atoms with Gasteiger partial charge in [0.15, 0.2) is 0 Å². The maximum absolute atomic E-state index is 11.9. The molecule has 0 saturated carbocycles. The van der Waals surface area contributed by atoms with Gasteiger partial charge in [0, 0.05) is 20.0 Å². The summed E-state index contributed by atoms with van der Waals surface area (Å²) in [6.07, 6.45) is 0.368. The van der Waals surface area contributed by atoms with Crippen molar-refractivity contribution in [3.63, 3.8) is 0 Å². The van der Waals surface area contributed by atoms with E-state index in [0.717, 1.165) is 5.56 Å². The Labute approximate surface area is 119 Å². The van der Waals surface area contributed by atoms with Gasteiger partial charge in [-0.2, -0.15) is 0 Å². The minimum absolute atomic E-state index is 0.0416. The van der Waals surface area contributed by atoms with Gasteiger partial charge in [-0.15, -0.1) is 0 Å². The second-order valence-electron chi connectivity index (χ2n) is 4.80. The minimum Gasteiger partial charge on any atom is -0.397 e. The fourth-order valence-corrected chi connectivity index (χ4v) is 1.73. The number of benzene rings is 1. The molecule has 0 heterocycles. The van der Waals surface area contributed by atoms with Crippen LogP contribution in [0.15, 0.2) is 18.2 Å². The molecule has 0 aromatic heterocycles. The normalized spacial score (nSPS) is 10.4. The van der Waals surface area contributed by atoms with E-state index in [1.165, 1.54) is 0 Å². The maximum Gasteiger partial charge on any atom is 0.238 e. The smallest absolute Gasteiger partial charge is 0.238 e. The van der Waals surface area contributed by atoms with Gasteiger partial charge in [-0.1, -0.05) is 6.07 Å². The summed E-state index contributed by atoms with van der Waals surface area (Å²) in [6, 6.07) is 5.49. The molecule has 6 nitrogen and oxygen atoms in total. The largest absolute Gasteiger partial charge is 0.397 e. The van der Waals surface area contributed by atoms with E-state index in [9.17, 15) is 9.59 Å². The van der Waals surface area contributed by atoms with Crippen LogP contribution in [0, 0.1) is 6.92 Å². The molecule has 0 bridgehead atoms. The molecule has 1 aromatic carbocycles. The summed E-state index contributed by atoms with van der Waals surface area (Å²) in [7, 11) is 3.39. The van der Waals surface area contributed by atoms with Gasteiger partial charge in [0.1, 0.15) is 0 Å². The Morgan fingerprint density at radius 1 is 1.30 bits per heavy atom. The lowest BCUT2D eigenvalue weighted by Gasteiger charge is -2.16. The van der Waals surface area contributed by atoms with Crippen molar-refractivity contribution in [1.29, 1.82) is 0 Å². The van der Waals surface area contributed by atoms with Gasteiger partial charge < -0.3 is 16.4 Å². The lowest BCUT2D eigenvalue weighted by Crippen LogP contribution is -2.33. The van der Waals surface area contributed by atoms with Crippen molar-refractivity contribution in [3.05, 3.63) is 23.8 Å². The van der Waals surface area contributed by atoms with Crippen LogP contribution >= 0.6 is 0 Å². The van der Waals surface area contributed by atoms with Gasteiger partial charge in [0.25, 0.3) is 0 Å². The quantitative estimate of drug-likeness (QED) is 0.664. The number of nitrogens with one attached hydrogen (secondary N) is 2. The van der Waals surface area contributed by atoms with Crippen molar-refractivity contribution >= 4 is 23.2 Å². The topological polar surface area (TPSA) is 87.5 Å². The number of nitrogen functional groups attached to an aromatic ring is 1. The van der Waals surface area contributed by atoms with Crippen LogP contribution in [0.3, 0.4) is 0 Å². The summed E-state index contributed by atoms with van der Waals surface area (Å²) in [6.45, 7) is 2.68. The number of carbonyl (C=O) groups is 2. The van der Waals surface area contributed by atoms with Crippen molar-refractivity contribution < 1.29 is 9.59 Å². The van der Waals surface area contributed by atoms with E-state index in [1.807, 2.05) is 19.1 Å². The number of carbonyl (C=O) groups excluding carboxylic acids is 2. The fraction of sp³-hybridized carbons (Fsp3) is 0.429. The molecule has 0 spiro atoms. The average molecular weight is 278 g/mol. The zero-order valence-corrected chi connectivity index (χ0v) is 12.2. The third-order valence-corrected chi connectivity index (χ3v) is 2.89. The molecule has 0 aliphatic carbocycles. The summed E-state index contributed by atoms with van der Waals surface area (Å²) in [5, 5.41) is 5.31. The van der Waals surface area contributed by atoms with Crippen LogP contribution in [0.2, 0.25) is 0 Å². The highest BCUT2D eigenvalue weighted by molar-refractivity contribution is 5.95.